The summed E-state index contributed by atoms with van der Waals surface area (Å²) in [5, 5.41) is 0. The van der Waals surface area contributed by atoms with Gasteiger partial charge < -0.3 is 4.81 Å². The van der Waals surface area contributed by atoms with Gasteiger partial charge in [0.25, 0.3) is 0 Å². The van der Waals surface area contributed by atoms with Crippen LogP contribution in [0, 0.1) is 0 Å². The average Bonchev–Trinajstić information content (AvgIpc) is 2.44. The molecule has 0 bridgehead atoms. The zero-order chi connectivity index (χ0) is 10.3. The van der Waals surface area contributed by atoms with Gasteiger partial charge in [0.2, 0.25) is 19.8 Å². The second kappa shape index (κ2) is 2.98. The molecule has 1 aliphatic rings. The van der Waals surface area contributed by atoms with Crippen molar-refractivity contribution in [3.8, 4) is 0 Å². The summed E-state index contributed by atoms with van der Waals surface area (Å²) in [6.45, 7) is 1.94. The predicted octanol–water partition coefficient (Wildman–Crippen LogP) is 0.929. The second-order valence-corrected chi connectivity index (χ2v) is 3.17. The van der Waals surface area contributed by atoms with Crippen LogP contribution in [0.5, 0.6) is 0 Å². The number of aryl methyl sites for hydroxylation is 1. The topological polar surface area (TPSA) is 37.4 Å². The summed E-state index contributed by atoms with van der Waals surface area (Å²) in [5.74, 6) is -0.817. The van der Waals surface area contributed by atoms with Crippen LogP contribution in [-0.4, -0.2) is 24.6 Å². The molecule has 0 spiro atoms. The Hall–Kier alpha value is -1.58. The van der Waals surface area contributed by atoms with Crippen molar-refractivity contribution in [3.63, 3.8) is 0 Å². The van der Waals surface area contributed by atoms with E-state index in [1.54, 1.807) is 12.1 Å². The first-order chi connectivity index (χ1) is 6.66. The van der Waals surface area contributed by atoms with E-state index in [9.17, 15) is 9.59 Å². The highest BCUT2D eigenvalue weighted by atomic mass is 16.2. The van der Waals surface area contributed by atoms with Crippen molar-refractivity contribution in [2.75, 3.05) is 0 Å². The fourth-order valence-corrected chi connectivity index (χ4v) is 1.67. The zero-order valence-corrected chi connectivity index (χ0v) is 7.78. The minimum Gasteiger partial charge on any atom is -0.332 e. The van der Waals surface area contributed by atoms with Gasteiger partial charge in [0, 0.05) is 0 Å². The Balaban J connectivity index is 2.69. The lowest BCUT2D eigenvalue weighted by Gasteiger charge is -2.04. The Labute approximate surface area is 83.1 Å². The van der Waals surface area contributed by atoms with Crippen LogP contribution in [0.2, 0.25) is 0 Å². The van der Waals surface area contributed by atoms with E-state index in [-0.39, 0.29) is 0 Å². The fraction of sp³-hybridized carbons (Fsp3) is 0.200. The smallest absolute Gasteiger partial charge is 0.248 e. The molecule has 0 aliphatic carbocycles. The summed E-state index contributed by atoms with van der Waals surface area (Å²) in [6, 6.07) is 5.23. The van der Waals surface area contributed by atoms with Gasteiger partial charge in [-0.15, -0.1) is 0 Å². The van der Waals surface area contributed by atoms with E-state index in [4.69, 9.17) is 7.98 Å². The van der Waals surface area contributed by atoms with Crippen molar-refractivity contribution in [1.29, 1.82) is 0 Å². The number of imide groups is 1. The zero-order valence-electron chi connectivity index (χ0n) is 7.78. The normalized spacial score (nSPS) is 14.8. The number of fused-ring (bicyclic) bond motifs is 1. The van der Waals surface area contributed by atoms with Gasteiger partial charge in [-0.1, -0.05) is 19.1 Å². The van der Waals surface area contributed by atoms with Crippen molar-refractivity contribution in [2.24, 2.45) is 0 Å². The molecule has 0 atom stereocenters. The first-order valence-corrected chi connectivity index (χ1v) is 4.42. The molecule has 0 N–H and O–H groups in total. The lowest BCUT2D eigenvalue weighted by atomic mass is 10.0. The van der Waals surface area contributed by atoms with Crippen LogP contribution in [0.4, 0.5) is 0 Å². The van der Waals surface area contributed by atoms with E-state index < -0.39 is 11.8 Å². The minimum absolute atomic E-state index is 0.401. The molecule has 3 nitrogen and oxygen atoms in total. The third-order valence-corrected chi connectivity index (χ3v) is 2.41. The molecular formula is C10H8BNO2. The lowest BCUT2D eigenvalue weighted by molar-refractivity contribution is 0.0766. The number of carbonyl (C=O) groups is 2. The number of hydrogen-bond donors (Lipinski definition) is 0. The maximum Gasteiger partial charge on any atom is 0.248 e. The van der Waals surface area contributed by atoms with Gasteiger partial charge >= 0.3 is 0 Å². The first kappa shape index (κ1) is 9.00. The van der Waals surface area contributed by atoms with E-state index >= 15 is 0 Å². The lowest BCUT2D eigenvalue weighted by Crippen LogP contribution is -2.26. The first-order valence-electron chi connectivity index (χ1n) is 4.42. The Morgan fingerprint density at radius 1 is 1.29 bits per heavy atom. The van der Waals surface area contributed by atoms with Gasteiger partial charge in [-0.25, -0.2) is 0 Å². The standard InChI is InChI=1S/C10H8BNO2/c1-2-6-4-3-5-7-8(6)10(14)12(11)9(7)13/h3-5H,2H2,1H3. The number of benzene rings is 1. The van der Waals surface area contributed by atoms with Crippen LogP contribution in [0.1, 0.15) is 33.2 Å². The highest BCUT2D eigenvalue weighted by Crippen LogP contribution is 2.24. The van der Waals surface area contributed by atoms with Crippen molar-refractivity contribution >= 4 is 19.8 Å². The summed E-state index contributed by atoms with van der Waals surface area (Å²) in [4.78, 5) is 23.7. The maximum atomic E-state index is 11.6. The number of hydrogen-bond acceptors (Lipinski definition) is 2. The Morgan fingerprint density at radius 2 is 2.00 bits per heavy atom. The molecule has 1 heterocycles. The SMILES string of the molecule is [B]N1C(=O)c2cccc(CC)c2C1=O. The van der Waals surface area contributed by atoms with Crippen LogP contribution in [0.3, 0.4) is 0 Å². The average molecular weight is 185 g/mol. The monoisotopic (exact) mass is 185 g/mol. The van der Waals surface area contributed by atoms with E-state index in [0.29, 0.717) is 15.9 Å². The van der Waals surface area contributed by atoms with Gasteiger partial charge in [0.1, 0.15) is 0 Å². The molecule has 1 aromatic carbocycles. The van der Waals surface area contributed by atoms with Gasteiger partial charge in [-0.3, -0.25) is 9.59 Å². The van der Waals surface area contributed by atoms with Crippen LogP contribution < -0.4 is 0 Å². The molecule has 0 fully saturated rings. The third-order valence-electron chi connectivity index (χ3n) is 2.41. The molecule has 0 saturated carbocycles. The maximum absolute atomic E-state index is 11.6. The largest absolute Gasteiger partial charge is 0.332 e. The highest BCUT2D eigenvalue weighted by molar-refractivity contribution is 6.36. The Kier molecular flexibility index (Phi) is 1.91. The van der Waals surface area contributed by atoms with Crippen LogP contribution in [0.15, 0.2) is 18.2 Å². The van der Waals surface area contributed by atoms with Gasteiger partial charge in [0.05, 0.1) is 11.1 Å². The fourth-order valence-electron chi connectivity index (χ4n) is 1.67. The predicted molar refractivity (Wildman–Crippen MR) is 52.1 cm³/mol. The summed E-state index contributed by atoms with van der Waals surface area (Å²) < 4.78 is 0. The molecule has 2 radical (unpaired) electrons. The number of rotatable bonds is 1. The molecule has 2 amide bonds. The van der Waals surface area contributed by atoms with Crippen molar-refractivity contribution < 1.29 is 9.59 Å². The van der Waals surface area contributed by atoms with E-state index in [2.05, 4.69) is 0 Å². The van der Waals surface area contributed by atoms with Crippen molar-refractivity contribution in [3.05, 3.63) is 34.9 Å². The summed E-state index contributed by atoms with van der Waals surface area (Å²) in [5.41, 5.74) is 1.74. The third kappa shape index (κ3) is 1.00. The molecule has 0 aromatic heterocycles. The number of nitrogens with zero attached hydrogens (tertiary/aromatic N) is 1. The minimum atomic E-state index is -0.416. The summed E-state index contributed by atoms with van der Waals surface area (Å²) in [7, 11) is 5.33. The molecule has 0 saturated heterocycles. The summed E-state index contributed by atoms with van der Waals surface area (Å²) in [6.07, 6.45) is 0.718. The van der Waals surface area contributed by atoms with Crippen LogP contribution in [-0.2, 0) is 6.42 Å². The molecule has 2 rings (SSSR count). The molecular weight excluding hydrogens is 177 g/mol. The number of carbonyl (C=O) groups excluding carboxylic acids is 2. The molecule has 1 aliphatic heterocycles. The molecule has 14 heavy (non-hydrogen) atoms. The van der Waals surface area contributed by atoms with Gasteiger partial charge in [0.15, 0.2) is 0 Å². The van der Waals surface area contributed by atoms with E-state index in [1.807, 2.05) is 13.0 Å². The quantitative estimate of drug-likeness (QED) is 0.482. The molecule has 0 unspecified atom stereocenters. The summed E-state index contributed by atoms with van der Waals surface area (Å²) >= 11 is 0. The number of amides is 2. The van der Waals surface area contributed by atoms with E-state index in [0.717, 1.165) is 12.0 Å². The van der Waals surface area contributed by atoms with Crippen molar-refractivity contribution in [2.45, 2.75) is 13.3 Å². The molecule has 68 valence electrons. The second-order valence-electron chi connectivity index (χ2n) is 3.17. The molecule has 1 aromatic rings. The van der Waals surface area contributed by atoms with Gasteiger partial charge in [-0.05, 0) is 18.1 Å². The van der Waals surface area contributed by atoms with Gasteiger partial charge in [-0.2, -0.15) is 0 Å². The van der Waals surface area contributed by atoms with Crippen LogP contribution >= 0.6 is 0 Å². The Bertz CT molecular complexity index is 428. The van der Waals surface area contributed by atoms with Crippen LogP contribution in [0.25, 0.3) is 0 Å². The molecule has 4 heteroatoms. The Morgan fingerprint density at radius 3 is 2.64 bits per heavy atom. The van der Waals surface area contributed by atoms with Crippen molar-refractivity contribution in [1.82, 2.24) is 4.81 Å². The highest BCUT2D eigenvalue weighted by Gasteiger charge is 2.33. The van der Waals surface area contributed by atoms with E-state index in [1.165, 1.54) is 0 Å².